The van der Waals surface area contributed by atoms with Crippen molar-refractivity contribution in [3.05, 3.63) is 5.21 Å². The maximum Gasteiger partial charge on any atom is 0.220 e. The number of quaternary nitrogens is 1. The second-order valence-corrected chi connectivity index (χ2v) is 10.9. The molecule has 3 N–H and O–H groups in total. The number of nitrogens with one attached hydrogen (secondary N) is 3. The maximum absolute atomic E-state index is 11.9. The number of hydrogen-bond acceptors (Lipinski definition) is 4. The molecule has 0 heterocycles. The molecule has 0 rings (SSSR count). The van der Waals surface area contributed by atoms with Crippen LogP contribution in [0.1, 0.15) is 129 Å². The Hall–Kier alpha value is -1.67. The van der Waals surface area contributed by atoms with E-state index in [0.29, 0.717) is 51.9 Å². The molecule has 0 atom stereocenters. The standard InChI is InChI=1S/C29H58N4O4/c1-4-5-6-7-8-9-10-11-12-13-16-20-27(34)31-24-25-32-29(36)22-19-21-28(35)30-23-17-14-15-18-26-33(2,3)37/h4-26H2,1-3H3,(H,30,35)(H,31,34)(H,32,36). The summed E-state index contributed by atoms with van der Waals surface area (Å²) in [4.78, 5) is 35.7. The minimum absolute atomic E-state index is 0.0279. The SMILES string of the molecule is CCCCCCCCCCCCCC(=O)NCCNC(=O)CCCC(=O)NCCCCCC[N+](C)(C)[O-]. The molecule has 0 aromatic rings. The summed E-state index contributed by atoms with van der Waals surface area (Å²) in [5.74, 6) is -0.0674. The zero-order chi connectivity index (χ0) is 27.6. The van der Waals surface area contributed by atoms with Crippen molar-refractivity contribution in [3.63, 3.8) is 0 Å². The second-order valence-electron chi connectivity index (χ2n) is 10.9. The van der Waals surface area contributed by atoms with Crippen LogP contribution in [0.15, 0.2) is 0 Å². The number of unbranched alkanes of at least 4 members (excludes halogenated alkanes) is 13. The first-order valence-electron chi connectivity index (χ1n) is 15.1. The Morgan fingerprint density at radius 2 is 0.892 bits per heavy atom. The number of carbonyl (C=O) groups is 3. The highest BCUT2D eigenvalue weighted by Gasteiger charge is 2.06. The highest BCUT2D eigenvalue weighted by atomic mass is 16.5. The third-order valence-corrected chi connectivity index (χ3v) is 6.53. The molecule has 0 aliphatic rings. The second kappa shape index (κ2) is 24.7. The van der Waals surface area contributed by atoms with Gasteiger partial charge in [0.1, 0.15) is 0 Å². The molecule has 0 saturated carbocycles. The van der Waals surface area contributed by atoms with Gasteiger partial charge in [0.2, 0.25) is 17.7 Å². The highest BCUT2D eigenvalue weighted by molar-refractivity contribution is 5.79. The summed E-state index contributed by atoms with van der Waals surface area (Å²) >= 11 is 0. The molecule has 8 heteroatoms. The summed E-state index contributed by atoms with van der Waals surface area (Å²) in [6.07, 6.45) is 19.5. The van der Waals surface area contributed by atoms with E-state index < -0.39 is 0 Å². The molecule has 0 spiro atoms. The van der Waals surface area contributed by atoms with Gasteiger partial charge in [0.05, 0.1) is 20.6 Å². The van der Waals surface area contributed by atoms with Gasteiger partial charge in [-0.25, -0.2) is 0 Å². The largest absolute Gasteiger partial charge is 0.633 e. The van der Waals surface area contributed by atoms with Crippen LogP contribution in [0.25, 0.3) is 0 Å². The molecular formula is C29H58N4O4. The lowest BCUT2D eigenvalue weighted by molar-refractivity contribution is -0.840. The minimum Gasteiger partial charge on any atom is -0.633 e. The van der Waals surface area contributed by atoms with Crippen molar-refractivity contribution in [2.45, 2.75) is 129 Å². The lowest BCUT2D eigenvalue weighted by atomic mass is 10.1. The van der Waals surface area contributed by atoms with Crippen molar-refractivity contribution >= 4 is 17.7 Å². The van der Waals surface area contributed by atoms with Crippen molar-refractivity contribution in [2.24, 2.45) is 0 Å². The molecule has 0 aromatic carbocycles. The van der Waals surface area contributed by atoms with Gasteiger partial charge in [-0.1, -0.05) is 77.6 Å². The van der Waals surface area contributed by atoms with Gasteiger partial charge >= 0.3 is 0 Å². The first-order valence-corrected chi connectivity index (χ1v) is 15.1. The van der Waals surface area contributed by atoms with Crippen LogP contribution in [-0.4, -0.2) is 62.6 Å². The van der Waals surface area contributed by atoms with Crippen LogP contribution in [-0.2, 0) is 14.4 Å². The lowest BCUT2D eigenvalue weighted by Crippen LogP contribution is -2.34. The average Bonchev–Trinajstić information content (AvgIpc) is 2.84. The van der Waals surface area contributed by atoms with Crippen LogP contribution in [0.4, 0.5) is 0 Å². The van der Waals surface area contributed by atoms with Gasteiger partial charge in [-0.3, -0.25) is 14.4 Å². The zero-order valence-corrected chi connectivity index (χ0v) is 24.3. The van der Waals surface area contributed by atoms with Gasteiger partial charge in [0, 0.05) is 38.9 Å². The molecule has 8 nitrogen and oxygen atoms in total. The summed E-state index contributed by atoms with van der Waals surface area (Å²) in [5.41, 5.74) is 0. The van der Waals surface area contributed by atoms with Crippen LogP contribution < -0.4 is 16.0 Å². The number of nitrogens with zero attached hydrogens (tertiary/aromatic N) is 1. The maximum atomic E-state index is 11.9. The summed E-state index contributed by atoms with van der Waals surface area (Å²) in [5, 5.41) is 20.0. The fourth-order valence-corrected chi connectivity index (χ4v) is 4.23. The fourth-order valence-electron chi connectivity index (χ4n) is 4.23. The Balaban J connectivity index is 3.44. The summed E-state index contributed by atoms with van der Waals surface area (Å²) < 4.78 is -0.252. The molecular weight excluding hydrogens is 468 g/mol. The van der Waals surface area contributed by atoms with Gasteiger partial charge < -0.3 is 25.8 Å². The van der Waals surface area contributed by atoms with Crippen LogP contribution in [0.2, 0.25) is 0 Å². The molecule has 0 radical (unpaired) electrons. The summed E-state index contributed by atoms with van der Waals surface area (Å²) in [7, 11) is 3.30. The smallest absolute Gasteiger partial charge is 0.220 e. The Morgan fingerprint density at radius 3 is 1.38 bits per heavy atom. The minimum atomic E-state index is -0.252. The van der Waals surface area contributed by atoms with E-state index in [-0.39, 0.29) is 22.4 Å². The predicted octanol–water partition coefficient (Wildman–Crippen LogP) is 5.34. The van der Waals surface area contributed by atoms with E-state index in [1.807, 2.05) is 0 Å². The number of hydroxylamine groups is 3. The van der Waals surface area contributed by atoms with E-state index in [1.54, 1.807) is 14.1 Å². The molecule has 218 valence electrons. The molecule has 0 aliphatic heterocycles. The monoisotopic (exact) mass is 526 g/mol. The van der Waals surface area contributed by atoms with Crippen LogP contribution in [0, 0.1) is 5.21 Å². The fraction of sp³-hybridized carbons (Fsp3) is 0.897. The van der Waals surface area contributed by atoms with Crippen LogP contribution >= 0.6 is 0 Å². The number of carbonyl (C=O) groups excluding carboxylic acids is 3. The Bertz CT molecular complexity index is 579. The molecule has 0 bridgehead atoms. The quantitative estimate of drug-likeness (QED) is 0.0802. The molecule has 3 amide bonds. The Kier molecular flexibility index (Phi) is 23.5. The summed E-state index contributed by atoms with van der Waals surface area (Å²) in [6, 6.07) is 0. The Morgan fingerprint density at radius 1 is 0.514 bits per heavy atom. The molecule has 37 heavy (non-hydrogen) atoms. The van der Waals surface area contributed by atoms with E-state index in [1.165, 1.54) is 57.8 Å². The predicted molar refractivity (Wildman–Crippen MR) is 153 cm³/mol. The number of amides is 3. The third kappa shape index (κ3) is 28.7. The van der Waals surface area contributed by atoms with E-state index in [0.717, 1.165) is 38.5 Å². The normalized spacial score (nSPS) is 11.4. The molecule has 0 unspecified atom stereocenters. The highest BCUT2D eigenvalue weighted by Crippen LogP contribution is 2.12. The van der Waals surface area contributed by atoms with Crippen molar-refractivity contribution in [3.8, 4) is 0 Å². The zero-order valence-electron chi connectivity index (χ0n) is 24.3. The summed E-state index contributed by atoms with van der Waals surface area (Å²) in [6.45, 7) is 4.36. The molecule has 0 aromatic heterocycles. The average molecular weight is 527 g/mol. The van der Waals surface area contributed by atoms with E-state index >= 15 is 0 Å². The van der Waals surface area contributed by atoms with Gasteiger partial charge in [-0.2, -0.15) is 0 Å². The number of rotatable bonds is 26. The van der Waals surface area contributed by atoms with Crippen molar-refractivity contribution < 1.29 is 19.0 Å². The lowest BCUT2D eigenvalue weighted by Gasteiger charge is -2.33. The van der Waals surface area contributed by atoms with Crippen LogP contribution in [0.5, 0.6) is 0 Å². The molecule has 0 aliphatic carbocycles. The third-order valence-electron chi connectivity index (χ3n) is 6.53. The van der Waals surface area contributed by atoms with Gasteiger partial charge in [-0.15, -0.1) is 0 Å². The first-order chi connectivity index (χ1) is 17.7. The Labute approximate surface area is 227 Å². The van der Waals surface area contributed by atoms with Gasteiger partial charge in [-0.05, 0) is 32.1 Å². The van der Waals surface area contributed by atoms with Crippen molar-refractivity contribution in [1.29, 1.82) is 0 Å². The molecule has 0 fully saturated rings. The van der Waals surface area contributed by atoms with Crippen molar-refractivity contribution in [2.75, 3.05) is 40.3 Å². The first kappa shape index (κ1) is 35.3. The van der Waals surface area contributed by atoms with Gasteiger partial charge in [0.25, 0.3) is 0 Å². The van der Waals surface area contributed by atoms with Crippen molar-refractivity contribution in [1.82, 2.24) is 16.0 Å². The number of hydrogen-bond donors (Lipinski definition) is 3. The van der Waals surface area contributed by atoms with E-state index in [4.69, 9.17) is 0 Å². The molecule has 0 saturated heterocycles. The topological polar surface area (TPSA) is 110 Å². The van der Waals surface area contributed by atoms with E-state index in [9.17, 15) is 19.6 Å². The van der Waals surface area contributed by atoms with E-state index in [2.05, 4.69) is 22.9 Å². The van der Waals surface area contributed by atoms with Crippen LogP contribution in [0.3, 0.4) is 0 Å². The van der Waals surface area contributed by atoms with Gasteiger partial charge in [0.15, 0.2) is 0 Å².